The minimum absolute atomic E-state index is 0.0679. The van der Waals surface area contributed by atoms with Gasteiger partial charge in [0, 0.05) is 52.6 Å². The van der Waals surface area contributed by atoms with E-state index in [9.17, 15) is 22.8 Å². The van der Waals surface area contributed by atoms with Crippen molar-refractivity contribution >= 4 is 41.1 Å². The van der Waals surface area contributed by atoms with Crippen molar-refractivity contribution in [2.75, 3.05) is 4.90 Å². The van der Waals surface area contributed by atoms with E-state index in [1.54, 1.807) is 26.0 Å². The Labute approximate surface area is 231 Å². The van der Waals surface area contributed by atoms with Crippen LogP contribution in [0.2, 0.25) is 0 Å². The number of amidine groups is 2. The van der Waals surface area contributed by atoms with Crippen molar-refractivity contribution in [3.63, 3.8) is 0 Å². The Morgan fingerprint density at radius 1 is 0.925 bits per heavy atom. The number of aromatic nitrogens is 2. The number of imide groups is 1. The molecular weight excluding hydrogens is 545 g/mol. The maximum absolute atomic E-state index is 14.4. The number of alkyl halides is 3. The van der Waals surface area contributed by atoms with Gasteiger partial charge in [0.05, 0.1) is 5.69 Å². The Morgan fingerprint density at radius 2 is 1.40 bits per heavy atom. The number of benzene rings is 1. The number of carbonyl (C=O) groups is 2. The van der Waals surface area contributed by atoms with Gasteiger partial charge >= 0.3 is 11.5 Å². The van der Waals surface area contributed by atoms with Gasteiger partial charge in [0.15, 0.2) is 0 Å². The summed E-state index contributed by atoms with van der Waals surface area (Å²) in [5.74, 6) is -2.89. The van der Waals surface area contributed by atoms with Crippen molar-refractivity contribution in [2.24, 2.45) is 11.5 Å². The summed E-state index contributed by atoms with van der Waals surface area (Å²) < 4.78 is 38.5. The zero-order valence-corrected chi connectivity index (χ0v) is 22.1. The van der Waals surface area contributed by atoms with E-state index in [0.29, 0.717) is 11.1 Å². The average molecular weight is 571 g/mol. The van der Waals surface area contributed by atoms with Crippen LogP contribution in [-0.2, 0) is 4.79 Å². The number of thioether (sulfide) groups is 1. The molecule has 1 aliphatic rings. The zero-order valence-electron chi connectivity index (χ0n) is 21.3. The number of nitrogens with two attached hydrogens (primary N) is 2. The van der Waals surface area contributed by atoms with E-state index in [4.69, 9.17) is 22.3 Å². The van der Waals surface area contributed by atoms with Gasteiger partial charge in [-0.2, -0.15) is 13.2 Å². The standard InChI is InChI=1S/C26H25F3N8O2S/c1-13(17-7-9-34-11-19(17)21(30)31)25(14(2)18-8-10-35-12-20(18)22(32)33)23(38)37(24(39)36-25)15-3-5-16(6-4-15)40-26(27,28)29/h3-14H,1-2H3,(H3,30,31)(H3,32,33)(H,36,39). The van der Waals surface area contributed by atoms with Gasteiger partial charge < -0.3 is 16.8 Å². The molecule has 0 bridgehead atoms. The molecule has 0 saturated carbocycles. The fraction of sp³-hybridized carbons (Fsp3) is 0.231. The third kappa shape index (κ3) is 5.09. The van der Waals surface area contributed by atoms with E-state index < -0.39 is 34.8 Å². The van der Waals surface area contributed by atoms with Crippen molar-refractivity contribution < 1.29 is 22.8 Å². The lowest BCUT2D eigenvalue weighted by Gasteiger charge is -2.39. The molecule has 1 aliphatic heterocycles. The van der Waals surface area contributed by atoms with Gasteiger partial charge in [0.2, 0.25) is 0 Å². The highest BCUT2D eigenvalue weighted by Gasteiger charge is 2.59. The van der Waals surface area contributed by atoms with Gasteiger partial charge in [-0.05, 0) is 59.3 Å². The molecule has 1 saturated heterocycles. The molecule has 2 aromatic heterocycles. The summed E-state index contributed by atoms with van der Waals surface area (Å²) in [7, 11) is 0. The topological polar surface area (TPSA) is 175 Å². The lowest BCUT2D eigenvalue weighted by atomic mass is 9.68. The van der Waals surface area contributed by atoms with Crippen LogP contribution in [0.5, 0.6) is 0 Å². The molecular formula is C26H25F3N8O2S. The minimum atomic E-state index is -4.50. The molecule has 1 fully saturated rings. The first-order valence-corrected chi connectivity index (χ1v) is 12.7. The Balaban J connectivity index is 1.88. The van der Waals surface area contributed by atoms with Crippen LogP contribution in [0.3, 0.4) is 0 Å². The highest BCUT2D eigenvalue weighted by atomic mass is 32.2. The van der Waals surface area contributed by atoms with Crippen LogP contribution in [0, 0.1) is 10.8 Å². The molecule has 208 valence electrons. The molecule has 2 atom stereocenters. The lowest BCUT2D eigenvalue weighted by Crippen LogP contribution is -2.55. The number of anilines is 1. The summed E-state index contributed by atoms with van der Waals surface area (Å²) in [5.41, 5.74) is 6.92. The number of nitrogen functional groups attached to an aromatic ring is 2. The lowest BCUT2D eigenvalue weighted by molar-refractivity contribution is -0.123. The summed E-state index contributed by atoms with van der Waals surface area (Å²) in [6.45, 7) is 3.38. The second kappa shape index (κ2) is 10.6. The van der Waals surface area contributed by atoms with E-state index >= 15 is 0 Å². The summed E-state index contributed by atoms with van der Waals surface area (Å²) in [6.07, 6.45) is 5.71. The molecule has 4 rings (SSSR count). The SMILES string of the molecule is CC(c1ccncc1C(=N)N)C1(C(C)c2ccncc2C(=N)N)NC(=O)N(c2ccc(SC(F)(F)F)cc2)C1=O. The number of halogens is 3. The zero-order chi connectivity index (χ0) is 29.4. The number of urea groups is 1. The smallest absolute Gasteiger partial charge is 0.384 e. The van der Waals surface area contributed by atoms with Gasteiger partial charge in [0.25, 0.3) is 5.91 Å². The fourth-order valence-electron chi connectivity index (χ4n) is 5.06. The first-order chi connectivity index (χ1) is 18.8. The van der Waals surface area contributed by atoms with Crippen LogP contribution < -0.4 is 21.7 Å². The van der Waals surface area contributed by atoms with E-state index in [1.165, 1.54) is 49.1 Å². The minimum Gasteiger partial charge on any atom is -0.384 e. The molecule has 14 heteroatoms. The number of carbonyl (C=O) groups excluding carboxylic acids is 2. The molecule has 0 aliphatic carbocycles. The van der Waals surface area contributed by atoms with Crippen molar-refractivity contribution in [1.82, 2.24) is 15.3 Å². The Morgan fingerprint density at radius 3 is 1.82 bits per heavy atom. The van der Waals surface area contributed by atoms with Crippen LogP contribution in [0.25, 0.3) is 0 Å². The average Bonchev–Trinajstić information content (AvgIpc) is 3.17. The summed E-state index contributed by atoms with van der Waals surface area (Å²) >= 11 is -0.313. The van der Waals surface area contributed by atoms with E-state index in [-0.39, 0.29) is 45.1 Å². The molecule has 7 N–H and O–H groups in total. The molecule has 3 amide bonds. The Bertz CT molecular complexity index is 1430. The highest BCUT2D eigenvalue weighted by molar-refractivity contribution is 8.00. The second-order valence-corrected chi connectivity index (χ2v) is 10.3. The summed E-state index contributed by atoms with van der Waals surface area (Å²) in [5, 5.41) is 18.9. The molecule has 3 aromatic rings. The molecule has 1 aromatic carbocycles. The highest BCUT2D eigenvalue weighted by Crippen LogP contribution is 2.46. The Kier molecular flexibility index (Phi) is 7.57. The molecule has 2 unspecified atom stereocenters. The third-order valence-electron chi connectivity index (χ3n) is 6.99. The van der Waals surface area contributed by atoms with Crippen molar-refractivity contribution in [3.8, 4) is 0 Å². The normalized spacial score (nSPS) is 18.8. The fourth-order valence-corrected chi connectivity index (χ4v) is 5.60. The number of nitrogens with one attached hydrogen (secondary N) is 3. The summed E-state index contributed by atoms with van der Waals surface area (Å²) in [6, 6.07) is 7.27. The quantitative estimate of drug-likeness (QED) is 0.117. The van der Waals surface area contributed by atoms with Crippen molar-refractivity contribution in [2.45, 2.75) is 41.6 Å². The maximum Gasteiger partial charge on any atom is 0.446 e. The second-order valence-electron chi connectivity index (χ2n) is 9.18. The van der Waals surface area contributed by atoms with E-state index in [2.05, 4.69) is 15.3 Å². The van der Waals surface area contributed by atoms with Crippen LogP contribution >= 0.6 is 11.8 Å². The van der Waals surface area contributed by atoms with Gasteiger partial charge in [-0.25, -0.2) is 9.69 Å². The number of pyridine rings is 2. The summed E-state index contributed by atoms with van der Waals surface area (Å²) in [4.78, 5) is 36.7. The van der Waals surface area contributed by atoms with Gasteiger partial charge in [0.1, 0.15) is 17.2 Å². The van der Waals surface area contributed by atoms with Crippen LogP contribution in [0.15, 0.2) is 66.1 Å². The molecule has 3 heterocycles. The predicted molar refractivity (Wildman–Crippen MR) is 144 cm³/mol. The number of hydrogen-bond acceptors (Lipinski definition) is 7. The van der Waals surface area contributed by atoms with Gasteiger partial charge in [-0.3, -0.25) is 25.6 Å². The number of hydrogen-bond donors (Lipinski definition) is 5. The third-order valence-corrected chi connectivity index (χ3v) is 7.73. The number of nitrogens with zero attached hydrogens (tertiary/aromatic N) is 3. The number of rotatable bonds is 8. The van der Waals surface area contributed by atoms with Crippen LogP contribution in [0.4, 0.5) is 23.7 Å². The largest absolute Gasteiger partial charge is 0.446 e. The predicted octanol–water partition coefficient (Wildman–Crippen LogP) is 4.06. The maximum atomic E-state index is 14.4. The molecule has 0 radical (unpaired) electrons. The van der Waals surface area contributed by atoms with Gasteiger partial charge in [-0.15, -0.1) is 0 Å². The van der Waals surface area contributed by atoms with Crippen molar-refractivity contribution in [3.05, 3.63) is 83.4 Å². The Hall–Kier alpha value is -4.46. The van der Waals surface area contributed by atoms with Crippen LogP contribution in [0.1, 0.15) is 47.9 Å². The number of amides is 3. The molecule has 0 spiro atoms. The first-order valence-electron chi connectivity index (χ1n) is 11.9. The van der Waals surface area contributed by atoms with Gasteiger partial charge in [-0.1, -0.05) is 13.8 Å². The monoisotopic (exact) mass is 570 g/mol. The molecule has 10 nitrogen and oxygen atoms in total. The van der Waals surface area contributed by atoms with Crippen molar-refractivity contribution in [1.29, 1.82) is 10.8 Å². The molecule has 40 heavy (non-hydrogen) atoms. The van der Waals surface area contributed by atoms with E-state index in [0.717, 1.165) is 4.90 Å². The van der Waals surface area contributed by atoms with E-state index in [1.807, 2.05) is 0 Å². The first kappa shape index (κ1) is 28.5. The van der Waals surface area contributed by atoms with Crippen LogP contribution in [-0.4, -0.2) is 44.6 Å².